The number of hydrogen-bond acceptors (Lipinski definition) is 6. The van der Waals surface area contributed by atoms with Crippen LogP contribution >= 0.6 is 0 Å². The van der Waals surface area contributed by atoms with Crippen LogP contribution in [-0.2, 0) is 0 Å². The van der Waals surface area contributed by atoms with Gasteiger partial charge in [0.1, 0.15) is 11.6 Å². The first-order chi connectivity index (χ1) is 44.5. The minimum Gasteiger partial charge on any atom is -0.308 e. The largest absolute Gasteiger partial charge is 0.308 e. The molecule has 0 fully saturated rings. The van der Waals surface area contributed by atoms with Gasteiger partial charge in [-0.15, -0.1) is 0 Å². The van der Waals surface area contributed by atoms with Gasteiger partial charge in [-0.05, 0) is 106 Å². The molecule has 0 radical (unpaired) electrons. The maximum absolute atomic E-state index is 12.3. The van der Waals surface area contributed by atoms with Crippen molar-refractivity contribution in [3.05, 3.63) is 315 Å². The van der Waals surface area contributed by atoms with Crippen molar-refractivity contribution in [3.8, 4) is 124 Å². The molecule has 0 aliphatic rings. The molecule has 0 aliphatic carbocycles. The Bertz CT molecular complexity index is 4900. The van der Waals surface area contributed by atoms with E-state index in [2.05, 4.69) is 203 Å². The molecule has 0 bridgehead atoms. The van der Waals surface area contributed by atoms with Crippen LogP contribution in [0.4, 0.5) is 0 Å². The number of pyridine rings is 4. The molecule has 16 rings (SSSR count). The monoisotopic (exact) mass is 1150 g/mol. The van der Waals surface area contributed by atoms with Crippen molar-refractivity contribution in [1.82, 2.24) is 29.1 Å². The van der Waals surface area contributed by atoms with Gasteiger partial charge in [0.25, 0.3) is 0 Å². The second kappa shape index (κ2) is 22.3. The molecule has 6 aromatic heterocycles. The molecule has 0 unspecified atom stereocenters. The Labute approximate surface area is 519 Å². The van der Waals surface area contributed by atoms with Crippen LogP contribution in [0.3, 0.4) is 0 Å². The van der Waals surface area contributed by atoms with Crippen molar-refractivity contribution in [2.45, 2.75) is 0 Å². The standard InChI is InChI=1S/C82H50N8/c83-47-53-14-13-23-58(40-53)67-45-81(89-77-41-59(64-29-36-73(85-50-64)55-17-7-2-8-18-55)24-32-68(77)69-33-25-60(42-78(69)89)65-30-37-74(86-51-65)56-19-9-3-10-20-56)72(48-84)82(46-67)90-79-43-61(66-31-38-75(87-52-66)57-21-11-4-12-22-57)26-34-70(79)71-35-27-62(44-80(71)90)76-39-28-63(49-88-76)54-15-5-1-6-16-54/h1-46,49-52H. The lowest BCUT2D eigenvalue weighted by molar-refractivity contribution is 1.12. The van der Waals surface area contributed by atoms with Gasteiger partial charge in [-0.1, -0.05) is 206 Å². The van der Waals surface area contributed by atoms with Crippen LogP contribution in [0.1, 0.15) is 11.1 Å². The molecule has 0 N–H and O–H groups in total. The SMILES string of the molecule is N#Cc1cccc(-c2cc(-n3c4cc(-c5ccc(-c6ccccc6)nc5)ccc4c4ccc(-c5ccc(-c6ccccc6)nc5)cc43)c(C#N)c(-n3c4cc(-c5ccc(-c6ccccc6)nc5)ccc4c4ccc(-c5ccc(-c6ccccc6)cn5)cc43)c2)c1. The fraction of sp³-hybridized carbons (Fsp3) is 0. The lowest BCUT2D eigenvalue weighted by atomic mass is 9.98. The molecule has 418 valence electrons. The van der Waals surface area contributed by atoms with E-state index in [-0.39, 0.29) is 0 Å². The van der Waals surface area contributed by atoms with Crippen LogP contribution in [0.25, 0.3) is 156 Å². The van der Waals surface area contributed by atoms with E-state index in [0.717, 1.165) is 144 Å². The second-order valence-electron chi connectivity index (χ2n) is 22.5. The maximum Gasteiger partial charge on any atom is 0.104 e. The van der Waals surface area contributed by atoms with Crippen LogP contribution in [0, 0.1) is 22.7 Å². The number of nitriles is 2. The van der Waals surface area contributed by atoms with Crippen LogP contribution < -0.4 is 0 Å². The minimum absolute atomic E-state index is 0.446. The van der Waals surface area contributed by atoms with Crippen LogP contribution in [0.5, 0.6) is 0 Å². The lowest BCUT2D eigenvalue weighted by Gasteiger charge is -2.19. The predicted octanol–water partition coefficient (Wildman–Crippen LogP) is 20.2. The van der Waals surface area contributed by atoms with Crippen molar-refractivity contribution in [2.24, 2.45) is 0 Å². The molecule has 8 nitrogen and oxygen atoms in total. The lowest BCUT2D eigenvalue weighted by Crippen LogP contribution is -2.05. The first-order valence-corrected chi connectivity index (χ1v) is 29.8. The average molecular weight is 1150 g/mol. The number of nitrogens with zero attached hydrogens (tertiary/aromatic N) is 8. The third-order valence-electron chi connectivity index (χ3n) is 17.2. The third kappa shape index (κ3) is 9.51. The summed E-state index contributed by atoms with van der Waals surface area (Å²) in [6, 6.07) is 101. The predicted molar refractivity (Wildman–Crippen MR) is 365 cm³/mol. The highest BCUT2D eigenvalue weighted by atomic mass is 15.0. The van der Waals surface area contributed by atoms with Crippen molar-refractivity contribution in [1.29, 1.82) is 10.5 Å². The summed E-state index contributed by atoms with van der Waals surface area (Å²) >= 11 is 0. The normalized spacial score (nSPS) is 11.3. The molecule has 10 aromatic carbocycles. The van der Waals surface area contributed by atoms with E-state index in [0.29, 0.717) is 22.5 Å². The zero-order valence-corrected chi connectivity index (χ0v) is 48.4. The molecule has 0 amide bonds. The molecule has 6 heterocycles. The zero-order chi connectivity index (χ0) is 60.1. The maximum atomic E-state index is 12.3. The molecule has 0 spiro atoms. The molecular weight excluding hydrogens is 1100 g/mol. The summed E-state index contributed by atoms with van der Waals surface area (Å²) in [6.45, 7) is 0. The van der Waals surface area contributed by atoms with E-state index >= 15 is 0 Å². The highest BCUT2D eigenvalue weighted by molar-refractivity contribution is 6.13. The van der Waals surface area contributed by atoms with Crippen LogP contribution in [-0.4, -0.2) is 29.1 Å². The zero-order valence-electron chi connectivity index (χ0n) is 48.4. The Morgan fingerprint density at radius 1 is 0.233 bits per heavy atom. The van der Waals surface area contributed by atoms with Crippen LogP contribution in [0.2, 0.25) is 0 Å². The summed E-state index contributed by atoms with van der Waals surface area (Å²) in [5, 5.41) is 26.7. The number of benzene rings is 10. The van der Waals surface area contributed by atoms with E-state index in [9.17, 15) is 10.5 Å². The fourth-order valence-corrected chi connectivity index (χ4v) is 12.7. The van der Waals surface area contributed by atoms with Gasteiger partial charge in [-0.3, -0.25) is 19.9 Å². The van der Waals surface area contributed by atoms with E-state index in [1.165, 1.54) is 0 Å². The van der Waals surface area contributed by atoms with E-state index in [4.69, 9.17) is 19.9 Å². The Morgan fingerprint density at radius 3 is 0.900 bits per heavy atom. The van der Waals surface area contributed by atoms with Crippen molar-refractivity contribution >= 4 is 43.6 Å². The summed E-state index contributed by atoms with van der Waals surface area (Å²) in [4.78, 5) is 20.0. The van der Waals surface area contributed by atoms with Gasteiger partial charge in [0.15, 0.2) is 0 Å². The molecule has 0 atom stereocenters. The second-order valence-corrected chi connectivity index (χ2v) is 22.5. The van der Waals surface area contributed by atoms with Gasteiger partial charge >= 0.3 is 0 Å². The molecule has 16 aromatic rings. The van der Waals surface area contributed by atoms with Gasteiger partial charge < -0.3 is 9.13 Å². The first-order valence-electron chi connectivity index (χ1n) is 29.8. The highest BCUT2D eigenvalue weighted by Crippen LogP contribution is 2.44. The quantitative estimate of drug-likeness (QED) is 0.128. The molecule has 0 saturated heterocycles. The van der Waals surface area contributed by atoms with E-state index in [1.807, 2.05) is 122 Å². The molecular formula is C82H50N8. The summed E-state index contributed by atoms with van der Waals surface area (Å²) in [7, 11) is 0. The van der Waals surface area contributed by atoms with Crippen molar-refractivity contribution in [2.75, 3.05) is 0 Å². The summed E-state index contributed by atoms with van der Waals surface area (Å²) in [5.74, 6) is 0. The van der Waals surface area contributed by atoms with Gasteiger partial charge in [0.05, 0.1) is 67.8 Å². The number of hydrogen-bond donors (Lipinski definition) is 0. The van der Waals surface area contributed by atoms with Gasteiger partial charge in [-0.25, -0.2) is 0 Å². The molecule has 0 aliphatic heterocycles. The Balaban J connectivity index is 0.962. The molecule has 90 heavy (non-hydrogen) atoms. The third-order valence-corrected chi connectivity index (χ3v) is 17.2. The average Bonchev–Trinajstić information content (AvgIpc) is 1.57. The Hall–Kier alpha value is -12.6. The topological polar surface area (TPSA) is 109 Å². The summed E-state index contributed by atoms with van der Waals surface area (Å²) in [5.41, 5.74) is 22.9. The first kappa shape index (κ1) is 52.9. The minimum atomic E-state index is 0.446. The van der Waals surface area contributed by atoms with Crippen molar-refractivity contribution in [3.63, 3.8) is 0 Å². The van der Waals surface area contributed by atoms with E-state index < -0.39 is 0 Å². The Kier molecular flexibility index (Phi) is 13.1. The van der Waals surface area contributed by atoms with E-state index in [1.54, 1.807) is 0 Å². The van der Waals surface area contributed by atoms with Crippen molar-refractivity contribution < 1.29 is 0 Å². The highest BCUT2D eigenvalue weighted by Gasteiger charge is 2.25. The van der Waals surface area contributed by atoms with Gasteiger partial charge in [-0.2, -0.15) is 10.5 Å². The molecule has 0 saturated carbocycles. The molecule has 8 heteroatoms. The van der Waals surface area contributed by atoms with Crippen LogP contribution in [0.15, 0.2) is 304 Å². The Morgan fingerprint density at radius 2 is 0.544 bits per heavy atom. The number of aromatic nitrogens is 6. The summed E-state index contributed by atoms with van der Waals surface area (Å²) < 4.78 is 4.52. The number of fused-ring (bicyclic) bond motifs is 6. The smallest absolute Gasteiger partial charge is 0.104 e. The fourth-order valence-electron chi connectivity index (χ4n) is 12.7. The summed E-state index contributed by atoms with van der Waals surface area (Å²) in [6.07, 6.45) is 7.75. The number of rotatable bonds is 11. The van der Waals surface area contributed by atoms with Gasteiger partial charge in [0.2, 0.25) is 0 Å². The van der Waals surface area contributed by atoms with Gasteiger partial charge in [0, 0.05) is 90.8 Å².